The molecule has 1 N–H and O–H groups in total. The van der Waals surface area contributed by atoms with E-state index >= 15 is 0 Å². The molecule has 2 atom stereocenters. The minimum atomic E-state index is -4.46. The van der Waals surface area contributed by atoms with E-state index < -0.39 is 35.7 Å². The highest BCUT2D eigenvalue weighted by atomic mass is 19.4. The zero-order valence-corrected chi connectivity index (χ0v) is 20.5. The monoisotopic (exact) mass is 511 g/mol. The van der Waals surface area contributed by atoms with Gasteiger partial charge in [0.25, 0.3) is 0 Å². The predicted molar refractivity (Wildman–Crippen MR) is 133 cm³/mol. The van der Waals surface area contributed by atoms with Gasteiger partial charge in [-0.1, -0.05) is 62.4 Å². The number of carbonyl (C=O) groups excluding carboxylic acids is 2. The summed E-state index contributed by atoms with van der Waals surface area (Å²) in [4.78, 5) is 27.6. The smallest absolute Gasteiger partial charge is 0.417 e. The number of carbonyl (C=O) groups is 2. The lowest BCUT2D eigenvalue weighted by atomic mass is 9.86. The number of phenolic OH excluding ortho intramolecular Hbond substituents is 1. The summed E-state index contributed by atoms with van der Waals surface area (Å²) in [5.41, 5.74) is 1.60. The molecule has 1 fully saturated rings. The Labute approximate surface area is 213 Å². The lowest BCUT2D eigenvalue weighted by Gasteiger charge is -2.27. The Hall–Kier alpha value is -3.81. The molecule has 0 aromatic heterocycles. The van der Waals surface area contributed by atoms with Gasteiger partial charge in [0.05, 0.1) is 17.5 Å². The second-order valence-corrected chi connectivity index (χ2v) is 9.70. The summed E-state index contributed by atoms with van der Waals surface area (Å²) in [5.74, 6) is -1.24. The molecule has 5 nitrogen and oxygen atoms in total. The van der Waals surface area contributed by atoms with E-state index in [0.29, 0.717) is 29.5 Å². The Bertz CT molecular complexity index is 1260. The Balaban J connectivity index is 1.67. The van der Waals surface area contributed by atoms with Gasteiger partial charge >= 0.3 is 12.3 Å². The second kappa shape index (κ2) is 10.7. The van der Waals surface area contributed by atoms with Crippen molar-refractivity contribution in [1.29, 1.82) is 0 Å². The fraction of sp³-hybridized carbons (Fsp3) is 0.310. The summed E-state index contributed by atoms with van der Waals surface area (Å²) < 4.78 is 44.2. The maximum Gasteiger partial charge on any atom is 0.417 e. The summed E-state index contributed by atoms with van der Waals surface area (Å²) in [5, 5.41) is 10.5. The zero-order chi connectivity index (χ0) is 26.7. The highest BCUT2D eigenvalue weighted by Gasteiger charge is 2.41. The fourth-order valence-electron chi connectivity index (χ4n) is 4.64. The van der Waals surface area contributed by atoms with Crippen LogP contribution in [0.15, 0.2) is 72.8 Å². The average Bonchev–Trinajstić information content (AvgIpc) is 3.21. The van der Waals surface area contributed by atoms with Gasteiger partial charge in [0.1, 0.15) is 12.4 Å². The molecule has 1 aliphatic heterocycles. The molecular weight excluding hydrogens is 483 g/mol. The van der Waals surface area contributed by atoms with Gasteiger partial charge in [-0.05, 0) is 65.3 Å². The lowest BCUT2D eigenvalue weighted by molar-refractivity contribution is -0.137. The molecule has 3 aromatic carbocycles. The van der Waals surface area contributed by atoms with Crippen molar-refractivity contribution in [3.8, 4) is 16.9 Å². The van der Waals surface area contributed by atoms with Gasteiger partial charge in [0, 0.05) is 0 Å². The summed E-state index contributed by atoms with van der Waals surface area (Å²) in [7, 11) is 0. The van der Waals surface area contributed by atoms with Crippen LogP contribution in [0.5, 0.6) is 5.75 Å². The van der Waals surface area contributed by atoms with Crippen molar-refractivity contribution < 1.29 is 32.6 Å². The Morgan fingerprint density at radius 1 is 1.03 bits per heavy atom. The first kappa shape index (κ1) is 26.3. The van der Waals surface area contributed by atoms with Crippen LogP contribution in [0.1, 0.15) is 42.9 Å². The Morgan fingerprint density at radius 3 is 2.32 bits per heavy atom. The minimum absolute atomic E-state index is 0.0806. The number of hydrogen-bond donors (Lipinski definition) is 1. The molecule has 0 bridgehead atoms. The molecule has 37 heavy (non-hydrogen) atoms. The van der Waals surface area contributed by atoms with Crippen LogP contribution in [0, 0.1) is 5.92 Å². The van der Waals surface area contributed by atoms with E-state index in [1.54, 1.807) is 6.07 Å². The van der Waals surface area contributed by atoms with Gasteiger partial charge in [0.15, 0.2) is 0 Å². The van der Waals surface area contributed by atoms with Crippen LogP contribution in [-0.4, -0.2) is 34.7 Å². The maximum absolute atomic E-state index is 13.8. The Kier molecular flexibility index (Phi) is 7.57. The predicted octanol–water partition coefficient (Wildman–Crippen LogP) is 6.80. The van der Waals surface area contributed by atoms with E-state index in [1.807, 2.05) is 44.2 Å². The largest absolute Gasteiger partial charge is 0.508 e. The third-order valence-corrected chi connectivity index (χ3v) is 6.41. The number of ether oxygens (including phenoxy) is 1. The fourth-order valence-corrected chi connectivity index (χ4v) is 4.64. The number of nitrogens with zero attached hydrogens (tertiary/aromatic N) is 1. The van der Waals surface area contributed by atoms with Crippen molar-refractivity contribution in [2.24, 2.45) is 5.92 Å². The summed E-state index contributed by atoms with van der Waals surface area (Å²) in [6.45, 7) is 3.98. The van der Waals surface area contributed by atoms with Crippen LogP contribution < -0.4 is 0 Å². The van der Waals surface area contributed by atoms with Crippen LogP contribution in [0.25, 0.3) is 11.1 Å². The van der Waals surface area contributed by atoms with Gasteiger partial charge in [-0.3, -0.25) is 4.79 Å². The maximum atomic E-state index is 13.8. The van der Waals surface area contributed by atoms with Gasteiger partial charge < -0.3 is 9.84 Å². The third-order valence-electron chi connectivity index (χ3n) is 6.41. The van der Waals surface area contributed by atoms with Crippen molar-refractivity contribution in [2.45, 2.75) is 44.8 Å². The molecule has 0 unspecified atom stereocenters. The van der Waals surface area contributed by atoms with E-state index in [2.05, 4.69) is 0 Å². The molecule has 1 aliphatic rings. The number of imide groups is 1. The zero-order valence-electron chi connectivity index (χ0n) is 20.5. The van der Waals surface area contributed by atoms with E-state index in [9.17, 15) is 27.9 Å². The summed E-state index contributed by atoms with van der Waals surface area (Å²) >= 11 is 0. The van der Waals surface area contributed by atoms with E-state index in [0.717, 1.165) is 17.7 Å². The first-order chi connectivity index (χ1) is 17.5. The number of phenols is 1. The van der Waals surface area contributed by atoms with Crippen molar-refractivity contribution >= 4 is 12.0 Å². The highest BCUT2D eigenvalue weighted by Crippen LogP contribution is 2.36. The molecule has 194 valence electrons. The lowest BCUT2D eigenvalue weighted by Crippen LogP contribution is -2.43. The standard InChI is InChI=1S/C29H28F3NO4/c1-18(2)12-26(27(35)33-24(17-37-28(33)36)13-19-6-4-3-5-7-19)22-14-21(15-25(34)16-22)20-8-10-23(11-9-20)29(30,31)32/h3-11,14-16,18,24,26,34H,12-13,17H2,1-2H3/t24-,26-/m0/s1. The SMILES string of the molecule is CC(C)C[C@H](C(=O)N1C(=O)OC[C@@H]1Cc1ccccc1)c1cc(O)cc(-c2ccc(C(F)(F)F)cc2)c1. The van der Waals surface area contributed by atoms with Crippen LogP contribution >= 0.6 is 0 Å². The molecule has 0 radical (unpaired) electrons. The average molecular weight is 512 g/mol. The second-order valence-electron chi connectivity index (χ2n) is 9.70. The number of amides is 2. The molecule has 0 spiro atoms. The molecule has 0 aliphatic carbocycles. The van der Waals surface area contributed by atoms with Crippen molar-refractivity contribution in [3.05, 3.63) is 89.5 Å². The number of alkyl halides is 3. The number of rotatable bonds is 7. The normalized spacial score (nSPS) is 16.6. The van der Waals surface area contributed by atoms with E-state index in [-0.39, 0.29) is 18.3 Å². The molecule has 0 saturated carbocycles. The number of cyclic esters (lactones) is 1. The first-order valence-electron chi connectivity index (χ1n) is 12.1. The molecule has 8 heteroatoms. The highest BCUT2D eigenvalue weighted by molar-refractivity contribution is 5.97. The molecule has 3 aromatic rings. The number of aromatic hydroxyl groups is 1. The topological polar surface area (TPSA) is 66.8 Å². The number of hydrogen-bond acceptors (Lipinski definition) is 4. The van der Waals surface area contributed by atoms with Gasteiger partial charge in [0.2, 0.25) is 5.91 Å². The third kappa shape index (κ3) is 6.13. The number of benzene rings is 3. The van der Waals surface area contributed by atoms with E-state index in [4.69, 9.17) is 4.74 Å². The van der Waals surface area contributed by atoms with Crippen LogP contribution in [-0.2, 0) is 22.1 Å². The molecular formula is C29H28F3NO4. The molecule has 1 heterocycles. The quantitative estimate of drug-likeness (QED) is 0.379. The molecule has 4 rings (SSSR count). The first-order valence-corrected chi connectivity index (χ1v) is 12.1. The van der Waals surface area contributed by atoms with Crippen LogP contribution in [0.3, 0.4) is 0 Å². The van der Waals surface area contributed by atoms with Crippen LogP contribution in [0.4, 0.5) is 18.0 Å². The van der Waals surface area contributed by atoms with Gasteiger partial charge in [-0.15, -0.1) is 0 Å². The van der Waals surface area contributed by atoms with Crippen molar-refractivity contribution in [3.63, 3.8) is 0 Å². The summed E-state index contributed by atoms with van der Waals surface area (Å²) in [6.07, 6.45) is -4.32. The van der Waals surface area contributed by atoms with Gasteiger partial charge in [-0.25, -0.2) is 9.69 Å². The number of halogens is 3. The van der Waals surface area contributed by atoms with Gasteiger partial charge in [-0.2, -0.15) is 13.2 Å². The van der Waals surface area contributed by atoms with Crippen molar-refractivity contribution in [2.75, 3.05) is 6.61 Å². The Morgan fingerprint density at radius 2 is 1.70 bits per heavy atom. The van der Waals surface area contributed by atoms with E-state index in [1.165, 1.54) is 29.2 Å². The molecule has 1 saturated heterocycles. The van der Waals surface area contributed by atoms with Crippen molar-refractivity contribution in [1.82, 2.24) is 4.90 Å². The molecule has 2 amide bonds. The van der Waals surface area contributed by atoms with Crippen LogP contribution in [0.2, 0.25) is 0 Å². The minimum Gasteiger partial charge on any atom is -0.508 e. The summed E-state index contributed by atoms with van der Waals surface area (Å²) in [6, 6.07) is 18.2.